The van der Waals surface area contributed by atoms with Gasteiger partial charge in [-0.3, -0.25) is 0 Å². The number of rotatable bonds is 6. The number of para-hydroxylation sites is 1. The molecule has 0 radical (unpaired) electrons. The molecule has 0 bridgehead atoms. The minimum Gasteiger partial charge on any atom is -0.310 e. The summed E-state index contributed by atoms with van der Waals surface area (Å²) in [4.78, 5) is 2.43. The minimum atomic E-state index is -0.109. The first-order valence-electron chi connectivity index (χ1n) is 17.4. The molecule has 50 heavy (non-hydrogen) atoms. The number of benzene rings is 8. The fourth-order valence-corrected chi connectivity index (χ4v) is 7.92. The zero-order valence-electron chi connectivity index (χ0n) is 28.3. The van der Waals surface area contributed by atoms with Crippen LogP contribution in [0.1, 0.15) is 25.0 Å². The summed E-state index contributed by atoms with van der Waals surface area (Å²) in [7, 11) is 0. The Labute approximate surface area is 294 Å². The van der Waals surface area contributed by atoms with E-state index in [-0.39, 0.29) is 5.41 Å². The highest BCUT2D eigenvalue weighted by Crippen LogP contribution is 2.54. The lowest BCUT2D eigenvalue weighted by atomic mass is 9.82. The quantitative estimate of drug-likeness (QED) is 0.175. The van der Waals surface area contributed by atoms with E-state index in [2.05, 4.69) is 207 Å². The van der Waals surface area contributed by atoms with Crippen molar-refractivity contribution in [2.24, 2.45) is 0 Å². The summed E-state index contributed by atoms with van der Waals surface area (Å²) in [5, 5.41) is 2.51. The molecule has 1 nitrogen and oxygen atoms in total. The van der Waals surface area contributed by atoms with Gasteiger partial charge in [-0.1, -0.05) is 166 Å². The second-order valence-electron chi connectivity index (χ2n) is 13.8. The van der Waals surface area contributed by atoms with Crippen LogP contribution >= 0.6 is 0 Å². The highest BCUT2D eigenvalue weighted by atomic mass is 15.1. The van der Waals surface area contributed by atoms with Gasteiger partial charge in [0.05, 0.1) is 5.69 Å². The van der Waals surface area contributed by atoms with Crippen molar-refractivity contribution in [1.82, 2.24) is 0 Å². The van der Waals surface area contributed by atoms with Crippen molar-refractivity contribution in [2.75, 3.05) is 4.90 Å². The van der Waals surface area contributed by atoms with Crippen molar-refractivity contribution in [3.05, 3.63) is 199 Å². The largest absolute Gasteiger partial charge is 0.310 e. The van der Waals surface area contributed by atoms with Crippen LogP contribution in [0, 0.1) is 0 Å². The molecule has 0 atom stereocenters. The van der Waals surface area contributed by atoms with E-state index in [4.69, 9.17) is 0 Å². The first-order valence-corrected chi connectivity index (χ1v) is 17.4. The second kappa shape index (κ2) is 12.1. The Kier molecular flexibility index (Phi) is 7.21. The van der Waals surface area contributed by atoms with Gasteiger partial charge in [0.1, 0.15) is 0 Å². The van der Waals surface area contributed by atoms with Gasteiger partial charge in [-0.25, -0.2) is 0 Å². The summed E-state index contributed by atoms with van der Waals surface area (Å²) < 4.78 is 0. The third-order valence-electron chi connectivity index (χ3n) is 10.5. The van der Waals surface area contributed by atoms with Gasteiger partial charge in [-0.05, 0) is 97.2 Å². The molecule has 1 aliphatic carbocycles. The summed E-state index contributed by atoms with van der Waals surface area (Å²) >= 11 is 0. The molecule has 0 N–H and O–H groups in total. The first-order chi connectivity index (χ1) is 24.6. The van der Waals surface area contributed by atoms with E-state index in [1.54, 1.807) is 0 Å². The molecule has 0 aliphatic heterocycles. The van der Waals surface area contributed by atoms with Crippen LogP contribution < -0.4 is 4.90 Å². The highest BCUT2D eigenvalue weighted by Gasteiger charge is 2.37. The van der Waals surface area contributed by atoms with Gasteiger partial charge < -0.3 is 4.90 Å². The number of nitrogens with zero attached hydrogens (tertiary/aromatic N) is 1. The van der Waals surface area contributed by atoms with Gasteiger partial charge in [-0.15, -0.1) is 0 Å². The van der Waals surface area contributed by atoms with Crippen LogP contribution in [-0.4, -0.2) is 0 Å². The van der Waals surface area contributed by atoms with Gasteiger partial charge in [0.2, 0.25) is 0 Å². The smallest absolute Gasteiger partial charge is 0.0540 e. The van der Waals surface area contributed by atoms with E-state index in [0.29, 0.717) is 0 Å². The Balaban J connectivity index is 1.23. The molecule has 238 valence electrons. The molecule has 1 heteroatoms. The van der Waals surface area contributed by atoms with Crippen LogP contribution in [0.2, 0.25) is 0 Å². The molecule has 8 aromatic rings. The normalized spacial score (nSPS) is 12.8. The van der Waals surface area contributed by atoms with Crippen molar-refractivity contribution < 1.29 is 0 Å². The molecule has 9 rings (SSSR count). The number of hydrogen-bond donors (Lipinski definition) is 0. The maximum Gasteiger partial charge on any atom is 0.0540 e. The van der Waals surface area contributed by atoms with E-state index in [1.165, 1.54) is 66.4 Å². The summed E-state index contributed by atoms with van der Waals surface area (Å²) in [6.45, 7) is 4.72. The van der Waals surface area contributed by atoms with Crippen LogP contribution in [0.5, 0.6) is 0 Å². The van der Waals surface area contributed by atoms with Gasteiger partial charge in [0, 0.05) is 22.4 Å². The molecular weight excluding hydrogens is 603 g/mol. The molecule has 0 amide bonds. The predicted molar refractivity (Wildman–Crippen MR) is 213 cm³/mol. The van der Waals surface area contributed by atoms with Crippen LogP contribution in [-0.2, 0) is 5.41 Å². The fourth-order valence-electron chi connectivity index (χ4n) is 7.92. The van der Waals surface area contributed by atoms with E-state index >= 15 is 0 Å². The van der Waals surface area contributed by atoms with Gasteiger partial charge >= 0.3 is 0 Å². The molecule has 0 aromatic heterocycles. The molecule has 0 saturated heterocycles. The molecule has 0 heterocycles. The fraction of sp³-hybridized carbons (Fsp3) is 0.0612. The Morgan fingerprint density at radius 3 is 1.72 bits per heavy atom. The van der Waals surface area contributed by atoms with Gasteiger partial charge in [0.15, 0.2) is 0 Å². The zero-order chi connectivity index (χ0) is 33.7. The molecule has 0 fully saturated rings. The molecule has 8 aromatic carbocycles. The molecular formula is C49H37N. The van der Waals surface area contributed by atoms with E-state index in [9.17, 15) is 0 Å². The van der Waals surface area contributed by atoms with Crippen LogP contribution in [0.4, 0.5) is 17.1 Å². The van der Waals surface area contributed by atoms with Crippen molar-refractivity contribution in [2.45, 2.75) is 19.3 Å². The van der Waals surface area contributed by atoms with Crippen molar-refractivity contribution in [1.29, 1.82) is 0 Å². The van der Waals surface area contributed by atoms with Crippen LogP contribution in [0.3, 0.4) is 0 Å². The van der Waals surface area contributed by atoms with Crippen molar-refractivity contribution in [3.63, 3.8) is 0 Å². The van der Waals surface area contributed by atoms with E-state index in [0.717, 1.165) is 17.1 Å². The predicted octanol–water partition coefficient (Wildman–Crippen LogP) is 13.6. The van der Waals surface area contributed by atoms with Gasteiger partial charge in [0.25, 0.3) is 0 Å². The topological polar surface area (TPSA) is 3.24 Å². The Hall–Kier alpha value is -6.18. The summed E-state index contributed by atoms with van der Waals surface area (Å²) in [6.07, 6.45) is 0. The third kappa shape index (κ3) is 5.02. The monoisotopic (exact) mass is 639 g/mol. The lowest BCUT2D eigenvalue weighted by molar-refractivity contribution is 0.660. The van der Waals surface area contributed by atoms with Crippen molar-refractivity contribution >= 4 is 27.8 Å². The lowest BCUT2D eigenvalue weighted by Gasteiger charge is -2.29. The third-order valence-corrected chi connectivity index (χ3v) is 10.5. The van der Waals surface area contributed by atoms with E-state index in [1.807, 2.05) is 0 Å². The SMILES string of the molecule is CC1(C)c2ccc(N(c3ccc(-c4ccc5ccccc5c4)cc3)c3ccccc3-c3ccccc3)cc2-c2c(-c3ccccc3)cccc21. The molecule has 1 aliphatic rings. The van der Waals surface area contributed by atoms with Crippen LogP contribution in [0.25, 0.3) is 55.3 Å². The minimum absolute atomic E-state index is 0.109. The van der Waals surface area contributed by atoms with E-state index < -0.39 is 0 Å². The lowest BCUT2D eigenvalue weighted by Crippen LogP contribution is -2.15. The Morgan fingerprint density at radius 1 is 0.360 bits per heavy atom. The zero-order valence-corrected chi connectivity index (χ0v) is 28.3. The summed E-state index contributed by atoms with van der Waals surface area (Å²) in [6, 6.07) is 68.6. The summed E-state index contributed by atoms with van der Waals surface area (Å²) in [5.41, 5.74) is 16.0. The van der Waals surface area contributed by atoms with Crippen molar-refractivity contribution in [3.8, 4) is 44.5 Å². The number of hydrogen-bond acceptors (Lipinski definition) is 1. The van der Waals surface area contributed by atoms with Gasteiger partial charge in [-0.2, -0.15) is 0 Å². The molecule has 0 spiro atoms. The first kappa shape index (κ1) is 29.9. The maximum atomic E-state index is 2.43. The maximum absolute atomic E-state index is 2.43. The second-order valence-corrected chi connectivity index (χ2v) is 13.8. The van der Waals surface area contributed by atoms with Crippen LogP contribution in [0.15, 0.2) is 188 Å². The molecule has 0 saturated carbocycles. The number of anilines is 3. The molecule has 0 unspecified atom stereocenters. The summed E-state index contributed by atoms with van der Waals surface area (Å²) in [5.74, 6) is 0. The standard InChI is InChI=1S/C49H37N/c1-49(2)45-31-30-41(33-44(45)48-43(21-13-22-46(48)49)37-17-7-4-8-18-37)50(47-23-12-11-20-42(47)36-15-5-3-6-16-36)40-28-26-35(27-29-40)39-25-24-34-14-9-10-19-38(34)32-39/h3-33H,1-2H3. The number of fused-ring (bicyclic) bond motifs is 4. The average Bonchev–Trinajstić information content (AvgIpc) is 3.41. The Morgan fingerprint density at radius 2 is 0.960 bits per heavy atom. The average molecular weight is 640 g/mol. The Bertz CT molecular complexity index is 2490. The highest BCUT2D eigenvalue weighted by molar-refractivity contribution is 5.96.